The number of rotatable bonds is 4. The van der Waals surface area contributed by atoms with E-state index in [1.807, 2.05) is 18.2 Å². The zero-order chi connectivity index (χ0) is 10.4. The predicted octanol–water partition coefficient (Wildman–Crippen LogP) is 0.0412. The Morgan fingerprint density at radius 3 is 2.93 bits per heavy atom. The maximum atomic E-state index is 11.5. The standard InChI is InChI=1S/C10H15N3O/c1-13(7-5-11)10(14)8-9-4-2-3-6-12-9/h2-4,6H,5,7-8,11H2,1H3. The number of nitrogens with zero attached hydrogens (tertiary/aromatic N) is 2. The minimum Gasteiger partial charge on any atom is -0.344 e. The number of likely N-dealkylation sites (N-methyl/N-ethyl adjacent to an activating group) is 1. The molecule has 0 saturated carbocycles. The van der Waals surface area contributed by atoms with Crippen molar-refractivity contribution in [2.75, 3.05) is 20.1 Å². The van der Waals surface area contributed by atoms with Gasteiger partial charge in [-0.1, -0.05) is 6.07 Å². The van der Waals surface area contributed by atoms with Gasteiger partial charge in [-0.05, 0) is 12.1 Å². The molecule has 0 unspecified atom stereocenters. The average molecular weight is 193 g/mol. The van der Waals surface area contributed by atoms with Crippen molar-refractivity contribution in [1.29, 1.82) is 0 Å². The van der Waals surface area contributed by atoms with E-state index in [-0.39, 0.29) is 5.91 Å². The smallest absolute Gasteiger partial charge is 0.228 e. The number of hydrogen-bond acceptors (Lipinski definition) is 3. The van der Waals surface area contributed by atoms with Crippen LogP contribution in [0.5, 0.6) is 0 Å². The lowest BCUT2D eigenvalue weighted by Gasteiger charge is -2.15. The summed E-state index contributed by atoms with van der Waals surface area (Å²) in [6.45, 7) is 1.08. The van der Waals surface area contributed by atoms with Crippen LogP contribution in [-0.2, 0) is 11.2 Å². The monoisotopic (exact) mass is 193 g/mol. The molecule has 0 atom stereocenters. The first kappa shape index (κ1) is 10.7. The maximum absolute atomic E-state index is 11.5. The fourth-order valence-electron chi connectivity index (χ4n) is 1.11. The highest BCUT2D eigenvalue weighted by molar-refractivity contribution is 5.78. The Labute approximate surface area is 83.7 Å². The van der Waals surface area contributed by atoms with Gasteiger partial charge in [0, 0.05) is 32.0 Å². The second-order valence-corrected chi connectivity index (χ2v) is 3.10. The first-order valence-corrected chi connectivity index (χ1v) is 4.58. The number of hydrogen-bond donors (Lipinski definition) is 1. The molecule has 1 aromatic heterocycles. The molecule has 76 valence electrons. The van der Waals surface area contributed by atoms with Crippen molar-refractivity contribution in [3.05, 3.63) is 30.1 Å². The number of nitrogens with two attached hydrogens (primary N) is 1. The molecule has 0 aliphatic carbocycles. The molecule has 0 aromatic carbocycles. The van der Waals surface area contributed by atoms with Crippen molar-refractivity contribution in [2.45, 2.75) is 6.42 Å². The van der Waals surface area contributed by atoms with E-state index in [4.69, 9.17) is 5.73 Å². The fraction of sp³-hybridized carbons (Fsp3) is 0.400. The number of carbonyl (C=O) groups excluding carboxylic acids is 1. The van der Waals surface area contributed by atoms with Gasteiger partial charge in [0.15, 0.2) is 0 Å². The van der Waals surface area contributed by atoms with Gasteiger partial charge >= 0.3 is 0 Å². The lowest BCUT2D eigenvalue weighted by atomic mass is 10.2. The predicted molar refractivity (Wildman–Crippen MR) is 54.6 cm³/mol. The lowest BCUT2D eigenvalue weighted by Crippen LogP contribution is -2.32. The minimum absolute atomic E-state index is 0.0501. The average Bonchev–Trinajstić information content (AvgIpc) is 2.19. The van der Waals surface area contributed by atoms with Crippen LogP contribution in [0.15, 0.2) is 24.4 Å². The number of pyridine rings is 1. The molecule has 0 fully saturated rings. The fourth-order valence-corrected chi connectivity index (χ4v) is 1.11. The zero-order valence-corrected chi connectivity index (χ0v) is 8.31. The van der Waals surface area contributed by atoms with Gasteiger partial charge in [0.25, 0.3) is 0 Å². The normalized spacial score (nSPS) is 9.86. The van der Waals surface area contributed by atoms with E-state index in [0.29, 0.717) is 19.5 Å². The van der Waals surface area contributed by atoms with Gasteiger partial charge in [0.05, 0.1) is 6.42 Å². The van der Waals surface area contributed by atoms with Gasteiger partial charge in [0.1, 0.15) is 0 Å². The van der Waals surface area contributed by atoms with E-state index in [9.17, 15) is 4.79 Å². The van der Waals surface area contributed by atoms with Crippen LogP contribution in [0.25, 0.3) is 0 Å². The number of amides is 1. The van der Waals surface area contributed by atoms with Crippen LogP contribution in [0.3, 0.4) is 0 Å². The van der Waals surface area contributed by atoms with Gasteiger partial charge in [-0.25, -0.2) is 0 Å². The Balaban J connectivity index is 2.49. The summed E-state index contributed by atoms with van der Waals surface area (Å²) in [5.74, 6) is 0.0501. The highest BCUT2D eigenvalue weighted by atomic mass is 16.2. The van der Waals surface area contributed by atoms with E-state index in [1.165, 1.54) is 0 Å². The molecule has 4 heteroatoms. The van der Waals surface area contributed by atoms with Crippen LogP contribution in [-0.4, -0.2) is 35.9 Å². The Morgan fingerprint density at radius 2 is 2.36 bits per heavy atom. The van der Waals surface area contributed by atoms with Crippen molar-refractivity contribution in [2.24, 2.45) is 5.73 Å². The van der Waals surface area contributed by atoms with Crippen LogP contribution >= 0.6 is 0 Å². The molecule has 1 rings (SSSR count). The van der Waals surface area contributed by atoms with Crippen molar-refractivity contribution in [3.63, 3.8) is 0 Å². The third-order valence-corrected chi connectivity index (χ3v) is 1.95. The van der Waals surface area contributed by atoms with E-state index < -0.39 is 0 Å². The van der Waals surface area contributed by atoms with Gasteiger partial charge < -0.3 is 10.6 Å². The largest absolute Gasteiger partial charge is 0.344 e. The van der Waals surface area contributed by atoms with Crippen LogP contribution < -0.4 is 5.73 Å². The number of carbonyl (C=O) groups is 1. The summed E-state index contributed by atoms with van der Waals surface area (Å²) in [6.07, 6.45) is 2.03. The summed E-state index contributed by atoms with van der Waals surface area (Å²) in [6, 6.07) is 5.55. The summed E-state index contributed by atoms with van der Waals surface area (Å²) in [4.78, 5) is 17.2. The van der Waals surface area contributed by atoms with Gasteiger partial charge in [-0.2, -0.15) is 0 Å². The highest BCUT2D eigenvalue weighted by Gasteiger charge is 2.08. The summed E-state index contributed by atoms with van der Waals surface area (Å²) in [5.41, 5.74) is 6.14. The highest BCUT2D eigenvalue weighted by Crippen LogP contribution is 1.97. The summed E-state index contributed by atoms with van der Waals surface area (Å²) in [5, 5.41) is 0. The molecule has 0 spiro atoms. The molecule has 1 amide bonds. The second-order valence-electron chi connectivity index (χ2n) is 3.10. The van der Waals surface area contributed by atoms with Crippen molar-refractivity contribution < 1.29 is 4.79 Å². The SMILES string of the molecule is CN(CCN)C(=O)Cc1ccccn1. The maximum Gasteiger partial charge on any atom is 0.228 e. The van der Waals surface area contributed by atoms with Crippen molar-refractivity contribution in [1.82, 2.24) is 9.88 Å². The van der Waals surface area contributed by atoms with Crippen LogP contribution in [0.4, 0.5) is 0 Å². The minimum atomic E-state index is 0.0501. The molecule has 1 aromatic rings. The molecular weight excluding hydrogens is 178 g/mol. The Morgan fingerprint density at radius 1 is 1.57 bits per heavy atom. The van der Waals surface area contributed by atoms with Gasteiger partial charge in [0.2, 0.25) is 5.91 Å². The van der Waals surface area contributed by atoms with Crippen LogP contribution in [0.2, 0.25) is 0 Å². The molecular formula is C10H15N3O. The Bertz CT molecular complexity index is 287. The molecule has 0 radical (unpaired) electrons. The summed E-state index contributed by atoms with van der Waals surface area (Å²) >= 11 is 0. The lowest BCUT2D eigenvalue weighted by molar-refractivity contribution is -0.129. The molecule has 0 aliphatic rings. The van der Waals surface area contributed by atoms with Crippen molar-refractivity contribution >= 4 is 5.91 Å². The van der Waals surface area contributed by atoms with E-state index >= 15 is 0 Å². The second kappa shape index (κ2) is 5.34. The molecule has 2 N–H and O–H groups in total. The first-order chi connectivity index (χ1) is 6.74. The Hall–Kier alpha value is -1.42. The molecule has 0 aliphatic heterocycles. The molecule has 0 bridgehead atoms. The molecule has 1 heterocycles. The summed E-state index contributed by atoms with van der Waals surface area (Å²) < 4.78 is 0. The zero-order valence-electron chi connectivity index (χ0n) is 8.31. The molecule has 0 saturated heterocycles. The molecule has 14 heavy (non-hydrogen) atoms. The van der Waals surface area contributed by atoms with E-state index in [2.05, 4.69) is 4.98 Å². The first-order valence-electron chi connectivity index (χ1n) is 4.58. The summed E-state index contributed by atoms with van der Waals surface area (Å²) in [7, 11) is 1.75. The topological polar surface area (TPSA) is 59.2 Å². The van der Waals surface area contributed by atoms with Gasteiger partial charge in [-0.3, -0.25) is 9.78 Å². The van der Waals surface area contributed by atoms with Crippen molar-refractivity contribution in [3.8, 4) is 0 Å². The van der Waals surface area contributed by atoms with E-state index in [0.717, 1.165) is 5.69 Å². The van der Waals surface area contributed by atoms with E-state index in [1.54, 1.807) is 18.1 Å². The van der Waals surface area contributed by atoms with Crippen LogP contribution in [0, 0.1) is 0 Å². The van der Waals surface area contributed by atoms with Gasteiger partial charge in [-0.15, -0.1) is 0 Å². The van der Waals surface area contributed by atoms with Crippen LogP contribution in [0.1, 0.15) is 5.69 Å². The number of aromatic nitrogens is 1. The molecule has 4 nitrogen and oxygen atoms in total. The Kier molecular flexibility index (Phi) is 4.07. The third-order valence-electron chi connectivity index (χ3n) is 1.95. The quantitative estimate of drug-likeness (QED) is 0.734. The third kappa shape index (κ3) is 3.14.